The summed E-state index contributed by atoms with van der Waals surface area (Å²) in [6.45, 7) is 11.6. The Hall–Kier alpha value is -1.20. The Morgan fingerprint density at radius 1 is 1.32 bits per heavy atom. The van der Waals surface area contributed by atoms with Crippen LogP contribution in [0, 0.1) is 0 Å². The molecular weight excluding hydrogens is 258 g/mol. The van der Waals surface area contributed by atoms with Gasteiger partial charge in [0, 0.05) is 6.20 Å². The van der Waals surface area contributed by atoms with E-state index >= 15 is 0 Å². The van der Waals surface area contributed by atoms with Crippen LogP contribution in [0.5, 0.6) is 0 Å². The molecular formula is C14H23NO3Si. The molecule has 5 heteroatoms. The SMILES string of the molecule is COC(=O)c1ccc(CO[Si](C)(C)C(C)(C)C)cn1. The molecule has 1 aromatic rings. The number of hydrogen-bond donors (Lipinski definition) is 0. The number of pyridine rings is 1. The smallest absolute Gasteiger partial charge is 0.356 e. The molecule has 0 saturated carbocycles. The second-order valence-electron chi connectivity index (χ2n) is 6.09. The van der Waals surface area contributed by atoms with Crippen molar-refractivity contribution in [1.82, 2.24) is 4.98 Å². The van der Waals surface area contributed by atoms with Crippen LogP contribution in [0.4, 0.5) is 0 Å². The van der Waals surface area contributed by atoms with Gasteiger partial charge in [0.1, 0.15) is 5.69 Å². The first-order valence-corrected chi connectivity index (χ1v) is 9.25. The van der Waals surface area contributed by atoms with E-state index in [0.29, 0.717) is 12.3 Å². The second kappa shape index (κ2) is 5.84. The van der Waals surface area contributed by atoms with Crippen molar-refractivity contribution in [3.63, 3.8) is 0 Å². The van der Waals surface area contributed by atoms with Crippen molar-refractivity contribution >= 4 is 14.3 Å². The van der Waals surface area contributed by atoms with Crippen molar-refractivity contribution in [2.24, 2.45) is 0 Å². The van der Waals surface area contributed by atoms with Crippen LogP contribution in [0.1, 0.15) is 36.8 Å². The molecule has 1 heterocycles. The van der Waals surface area contributed by atoms with Gasteiger partial charge in [0.2, 0.25) is 0 Å². The van der Waals surface area contributed by atoms with Crippen molar-refractivity contribution < 1.29 is 14.0 Å². The van der Waals surface area contributed by atoms with Crippen LogP contribution in [0.15, 0.2) is 18.3 Å². The van der Waals surface area contributed by atoms with Crippen molar-refractivity contribution in [1.29, 1.82) is 0 Å². The highest BCUT2D eigenvalue weighted by Gasteiger charge is 2.36. The van der Waals surface area contributed by atoms with Gasteiger partial charge in [-0.15, -0.1) is 0 Å². The van der Waals surface area contributed by atoms with E-state index < -0.39 is 14.3 Å². The number of esters is 1. The maximum absolute atomic E-state index is 11.3. The van der Waals surface area contributed by atoms with E-state index in [0.717, 1.165) is 5.56 Å². The van der Waals surface area contributed by atoms with Crippen molar-refractivity contribution in [3.8, 4) is 0 Å². The first-order chi connectivity index (χ1) is 8.67. The van der Waals surface area contributed by atoms with Crippen molar-refractivity contribution in [2.45, 2.75) is 45.5 Å². The normalized spacial score (nSPS) is 12.3. The van der Waals surface area contributed by atoms with Crippen LogP contribution in [-0.2, 0) is 15.8 Å². The topological polar surface area (TPSA) is 48.4 Å². The predicted octanol–water partition coefficient (Wildman–Crippen LogP) is 3.39. The average molecular weight is 281 g/mol. The molecule has 0 unspecified atom stereocenters. The summed E-state index contributed by atoms with van der Waals surface area (Å²) in [5.74, 6) is -0.420. The van der Waals surface area contributed by atoms with Gasteiger partial charge >= 0.3 is 5.97 Å². The summed E-state index contributed by atoms with van der Waals surface area (Å²) in [4.78, 5) is 15.3. The number of aromatic nitrogens is 1. The van der Waals surface area contributed by atoms with Crippen LogP contribution in [-0.4, -0.2) is 26.4 Å². The molecule has 0 saturated heterocycles. The third-order valence-corrected chi connectivity index (χ3v) is 8.10. The monoisotopic (exact) mass is 281 g/mol. The van der Waals surface area contributed by atoms with Gasteiger partial charge in [-0.05, 0) is 29.8 Å². The van der Waals surface area contributed by atoms with Crippen molar-refractivity contribution in [3.05, 3.63) is 29.6 Å². The summed E-state index contributed by atoms with van der Waals surface area (Å²) in [7, 11) is -0.404. The van der Waals surface area contributed by atoms with Crippen LogP contribution >= 0.6 is 0 Å². The summed E-state index contributed by atoms with van der Waals surface area (Å²) in [6, 6.07) is 3.52. The number of ether oxygens (including phenoxy) is 1. The molecule has 0 radical (unpaired) electrons. The van der Waals surface area contributed by atoms with Crippen molar-refractivity contribution in [2.75, 3.05) is 7.11 Å². The fourth-order valence-electron chi connectivity index (χ4n) is 1.22. The van der Waals surface area contributed by atoms with Crippen LogP contribution in [0.2, 0.25) is 18.1 Å². The molecule has 1 aromatic heterocycles. The van der Waals surface area contributed by atoms with E-state index in [1.165, 1.54) is 7.11 Å². The molecule has 4 nitrogen and oxygen atoms in total. The number of methoxy groups -OCH3 is 1. The maximum atomic E-state index is 11.3. The van der Waals surface area contributed by atoms with E-state index in [2.05, 4.69) is 43.6 Å². The third-order valence-electron chi connectivity index (χ3n) is 3.63. The number of carbonyl (C=O) groups excluding carboxylic acids is 1. The first kappa shape index (κ1) is 15.9. The molecule has 0 aliphatic heterocycles. The number of rotatable bonds is 4. The van der Waals surface area contributed by atoms with Gasteiger partial charge < -0.3 is 9.16 Å². The van der Waals surface area contributed by atoms with Crippen LogP contribution < -0.4 is 0 Å². The first-order valence-electron chi connectivity index (χ1n) is 6.34. The second-order valence-corrected chi connectivity index (χ2v) is 10.9. The van der Waals surface area contributed by atoms with Gasteiger partial charge in [0.15, 0.2) is 8.32 Å². The zero-order chi connectivity index (χ0) is 14.7. The largest absolute Gasteiger partial charge is 0.464 e. The third kappa shape index (κ3) is 4.14. The van der Waals surface area contributed by atoms with Gasteiger partial charge in [-0.2, -0.15) is 0 Å². The van der Waals surface area contributed by atoms with E-state index in [4.69, 9.17) is 4.43 Å². The number of carbonyl (C=O) groups is 1. The lowest BCUT2D eigenvalue weighted by Crippen LogP contribution is -2.40. The Morgan fingerprint density at radius 3 is 2.37 bits per heavy atom. The van der Waals surface area contributed by atoms with Gasteiger partial charge in [-0.1, -0.05) is 26.8 Å². The average Bonchev–Trinajstić information content (AvgIpc) is 2.35. The molecule has 0 atom stereocenters. The lowest BCUT2D eigenvalue weighted by molar-refractivity contribution is 0.0594. The Balaban J connectivity index is 2.67. The van der Waals surface area contributed by atoms with Crippen LogP contribution in [0.3, 0.4) is 0 Å². The molecule has 0 bridgehead atoms. The molecule has 0 N–H and O–H groups in total. The lowest BCUT2D eigenvalue weighted by Gasteiger charge is -2.36. The summed E-state index contributed by atoms with van der Waals surface area (Å²) < 4.78 is 10.7. The summed E-state index contributed by atoms with van der Waals surface area (Å²) in [6.07, 6.45) is 1.67. The molecule has 1 rings (SSSR count). The van der Waals surface area contributed by atoms with E-state index in [-0.39, 0.29) is 5.04 Å². The fourth-order valence-corrected chi connectivity index (χ4v) is 2.18. The predicted molar refractivity (Wildman–Crippen MR) is 77.6 cm³/mol. The molecule has 0 aliphatic rings. The Bertz CT molecular complexity index is 435. The van der Waals surface area contributed by atoms with E-state index in [9.17, 15) is 4.79 Å². The molecule has 0 aliphatic carbocycles. The number of hydrogen-bond acceptors (Lipinski definition) is 4. The number of nitrogens with zero attached hydrogens (tertiary/aromatic N) is 1. The van der Waals surface area contributed by atoms with Gasteiger partial charge in [0.05, 0.1) is 13.7 Å². The van der Waals surface area contributed by atoms with Crippen LogP contribution in [0.25, 0.3) is 0 Å². The summed E-state index contributed by atoms with van der Waals surface area (Å²) in [5, 5.41) is 0.187. The highest BCUT2D eigenvalue weighted by atomic mass is 28.4. The highest BCUT2D eigenvalue weighted by molar-refractivity contribution is 6.74. The lowest BCUT2D eigenvalue weighted by atomic mass is 10.2. The zero-order valence-electron chi connectivity index (χ0n) is 12.6. The minimum Gasteiger partial charge on any atom is -0.464 e. The minimum atomic E-state index is -1.75. The summed E-state index contributed by atoms with van der Waals surface area (Å²) >= 11 is 0. The fraction of sp³-hybridized carbons (Fsp3) is 0.571. The Labute approximate surface area is 116 Å². The highest BCUT2D eigenvalue weighted by Crippen LogP contribution is 2.36. The van der Waals surface area contributed by atoms with Gasteiger partial charge in [-0.3, -0.25) is 0 Å². The minimum absolute atomic E-state index is 0.187. The van der Waals surface area contributed by atoms with E-state index in [1.54, 1.807) is 12.3 Å². The zero-order valence-corrected chi connectivity index (χ0v) is 13.6. The molecule has 0 amide bonds. The quantitative estimate of drug-likeness (QED) is 0.627. The molecule has 0 spiro atoms. The Kier molecular flexibility index (Phi) is 4.87. The standard InChI is InChI=1S/C14H23NO3Si/c1-14(2,3)19(5,6)18-10-11-7-8-12(15-9-11)13(16)17-4/h7-9H,10H2,1-6H3. The van der Waals surface area contributed by atoms with Gasteiger partial charge in [-0.25, -0.2) is 9.78 Å². The maximum Gasteiger partial charge on any atom is 0.356 e. The van der Waals surface area contributed by atoms with E-state index in [1.807, 2.05) is 6.07 Å². The molecule has 0 aromatic carbocycles. The molecule has 0 fully saturated rings. The Morgan fingerprint density at radius 2 is 1.95 bits per heavy atom. The van der Waals surface area contributed by atoms with Gasteiger partial charge in [0.25, 0.3) is 0 Å². The summed E-state index contributed by atoms with van der Waals surface area (Å²) in [5.41, 5.74) is 1.29. The molecule has 19 heavy (non-hydrogen) atoms. The molecule has 106 valence electrons.